The van der Waals surface area contributed by atoms with Crippen molar-refractivity contribution in [2.24, 2.45) is 0 Å². The Morgan fingerprint density at radius 3 is 2.84 bits per heavy atom. The zero-order valence-corrected chi connectivity index (χ0v) is 15.1. The predicted octanol–water partition coefficient (Wildman–Crippen LogP) is 2.62. The first-order valence-corrected chi connectivity index (χ1v) is 8.76. The molecule has 0 bridgehead atoms. The maximum atomic E-state index is 12.4. The van der Waals surface area contributed by atoms with Gasteiger partial charge in [0.15, 0.2) is 0 Å². The molecule has 3 aromatic rings. The van der Waals surface area contributed by atoms with E-state index in [1.54, 1.807) is 6.92 Å². The predicted molar refractivity (Wildman–Crippen MR) is 96.9 cm³/mol. The van der Waals surface area contributed by atoms with Crippen LogP contribution in [0.3, 0.4) is 0 Å². The minimum atomic E-state index is -0.303. The highest BCUT2D eigenvalue weighted by Gasteiger charge is 2.20. The van der Waals surface area contributed by atoms with Crippen molar-refractivity contribution in [3.63, 3.8) is 0 Å². The second-order valence-electron chi connectivity index (χ2n) is 5.88. The molecular formula is C17H20N4O3S. The highest BCUT2D eigenvalue weighted by Crippen LogP contribution is 2.33. The summed E-state index contributed by atoms with van der Waals surface area (Å²) in [6, 6.07) is 3.52. The number of hydrogen-bond acceptors (Lipinski definition) is 7. The molecule has 132 valence electrons. The summed E-state index contributed by atoms with van der Waals surface area (Å²) in [5.74, 6) is 2.12. The van der Waals surface area contributed by atoms with Crippen molar-refractivity contribution in [3.8, 4) is 0 Å². The zero-order chi connectivity index (χ0) is 18.0. The second-order valence-corrected chi connectivity index (χ2v) is 6.88. The lowest BCUT2D eigenvalue weighted by atomic mass is 10.2. The number of amides is 1. The van der Waals surface area contributed by atoms with Crippen molar-refractivity contribution in [2.75, 3.05) is 11.9 Å². The number of aliphatic hydroxyl groups excluding tert-OH is 1. The van der Waals surface area contributed by atoms with Gasteiger partial charge in [0.2, 0.25) is 0 Å². The molecule has 25 heavy (non-hydrogen) atoms. The van der Waals surface area contributed by atoms with Crippen LogP contribution in [0.5, 0.6) is 0 Å². The number of aromatic nitrogens is 2. The maximum absolute atomic E-state index is 12.4. The number of nitrogens with zero attached hydrogens (tertiary/aromatic N) is 2. The van der Waals surface area contributed by atoms with Gasteiger partial charge < -0.3 is 20.2 Å². The second kappa shape index (κ2) is 7.20. The molecule has 0 unspecified atom stereocenters. The van der Waals surface area contributed by atoms with E-state index in [2.05, 4.69) is 20.6 Å². The fourth-order valence-corrected chi connectivity index (χ4v) is 3.56. The highest BCUT2D eigenvalue weighted by molar-refractivity contribution is 7.20. The number of fused-ring (bicyclic) bond motifs is 1. The van der Waals surface area contributed by atoms with Crippen LogP contribution >= 0.6 is 11.3 Å². The smallest absolute Gasteiger partial charge is 0.262 e. The van der Waals surface area contributed by atoms with Crippen LogP contribution < -0.4 is 10.6 Å². The van der Waals surface area contributed by atoms with E-state index in [4.69, 9.17) is 9.52 Å². The van der Waals surface area contributed by atoms with Crippen LogP contribution in [0, 0.1) is 13.8 Å². The number of thiophene rings is 1. The van der Waals surface area contributed by atoms with Gasteiger partial charge in [-0.05, 0) is 38.5 Å². The Kier molecular flexibility index (Phi) is 5.00. The van der Waals surface area contributed by atoms with Crippen molar-refractivity contribution in [1.82, 2.24) is 15.3 Å². The van der Waals surface area contributed by atoms with E-state index in [-0.39, 0.29) is 18.6 Å². The summed E-state index contributed by atoms with van der Waals surface area (Å²) in [7, 11) is 0. The SMILES string of the molecule is Cc1ccc(CNc2ncnc3sc(C(=O)N[C@@H](C)CO)c(C)c23)o1. The third kappa shape index (κ3) is 3.64. The number of hydrogen-bond donors (Lipinski definition) is 3. The van der Waals surface area contributed by atoms with Crippen LogP contribution in [-0.2, 0) is 6.54 Å². The van der Waals surface area contributed by atoms with Gasteiger partial charge in [-0.2, -0.15) is 0 Å². The summed E-state index contributed by atoms with van der Waals surface area (Å²) >= 11 is 1.32. The number of furan rings is 1. The average molecular weight is 360 g/mol. The van der Waals surface area contributed by atoms with Crippen molar-refractivity contribution >= 4 is 33.3 Å². The molecule has 3 N–H and O–H groups in total. The van der Waals surface area contributed by atoms with Crippen LogP contribution in [0.1, 0.15) is 33.7 Å². The summed E-state index contributed by atoms with van der Waals surface area (Å²) in [5.41, 5.74) is 0.821. The molecule has 3 aromatic heterocycles. The number of carbonyl (C=O) groups excluding carboxylic acids is 1. The molecule has 1 atom stereocenters. The molecule has 0 radical (unpaired) electrons. The monoisotopic (exact) mass is 360 g/mol. The fraction of sp³-hybridized carbons (Fsp3) is 0.353. The summed E-state index contributed by atoms with van der Waals surface area (Å²) in [5, 5.41) is 16.0. The third-order valence-electron chi connectivity index (χ3n) is 3.81. The minimum Gasteiger partial charge on any atom is -0.465 e. The maximum Gasteiger partial charge on any atom is 0.262 e. The number of aliphatic hydroxyl groups is 1. The van der Waals surface area contributed by atoms with Gasteiger partial charge in [-0.3, -0.25) is 4.79 Å². The lowest BCUT2D eigenvalue weighted by molar-refractivity contribution is 0.0926. The van der Waals surface area contributed by atoms with E-state index in [1.165, 1.54) is 17.7 Å². The van der Waals surface area contributed by atoms with Gasteiger partial charge in [0.1, 0.15) is 28.5 Å². The van der Waals surface area contributed by atoms with Gasteiger partial charge in [-0.25, -0.2) is 9.97 Å². The van der Waals surface area contributed by atoms with Crippen molar-refractivity contribution in [2.45, 2.75) is 33.4 Å². The number of aryl methyl sites for hydroxylation is 2. The van der Waals surface area contributed by atoms with Gasteiger partial charge in [-0.15, -0.1) is 11.3 Å². The van der Waals surface area contributed by atoms with Crippen molar-refractivity contribution in [3.05, 3.63) is 40.4 Å². The Bertz CT molecular complexity index is 903. The average Bonchev–Trinajstić information content (AvgIpc) is 3.16. The first-order chi connectivity index (χ1) is 12.0. The van der Waals surface area contributed by atoms with Crippen molar-refractivity contribution in [1.29, 1.82) is 0 Å². The Morgan fingerprint density at radius 1 is 1.36 bits per heavy atom. The number of carbonyl (C=O) groups is 1. The molecule has 0 aliphatic rings. The Labute approximate surface area is 149 Å². The number of nitrogens with one attached hydrogen (secondary N) is 2. The topological polar surface area (TPSA) is 100 Å². The van der Waals surface area contributed by atoms with Crippen LogP contribution in [0.2, 0.25) is 0 Å². The molecule has 0 aliphatic heterocycles. The molecule has 0 fully saturated rings. The lowest BCUT2D eigenvalue weighted by Crippen LogP contribution is -2.34. The summed E-state index contributed by atoms with van der Waals surface area (Å²) < 4.78 is 5.56. The molecule has 0 aliphatic carbocycles. The lowest BCUT2D eigenvalue weighted by Gasteiger charge is -2.10. The molecular weight excluding hydrogens is 340 g/mol. The van der Waals surface area contributed by atoms with Gasteiger partial charge in [0.05, 0.1) is 23.4 Å². The first kappa shape index (κ1) is 17.4. The fourth-order valence-electron chi connectivity index (χ4n) is 2.51. The highest BCUT2D eigenvalue weighted by atomic mass is 32.1. The molecule has 0 aromatic carbocycles. The minimum absolute atomic E-state index is 0.106. The standard InChI is InChI=1S/C17H20N4O3S/c1-9(7-22)21-16(23)14-11(3)13-15(19-8-20-17(13)25-14)18-6-12-5-4-10(2)24-12/h4-5,8-9,22H,6-7H2,1-3H3,(H,21,23)(H,18,19,20)/t9-/m0/s1. The Hall–Kier alpha value is -2.45. The van der Waals surface area contributed by atoms with Gasteiger partial charge in [0, 0.05) is 6.04 Å². The van der Waals surface area contributed by atoms with Crippen LogP contribution in [0.4, 0.5) is 5.82 Å². The Balaban J connectivity index is 1.88. The van der Waals surface area contributed by atoms with Crippen LogP contribution in [0.25, 0.3) is 10.2 Å². The molecule has 0 spiro atoms. The summed E-state index contributed by atoms with van der Waals surface area (Å²) in [6.07, 6.45) is 1.48. The summed E-state index contributed by atoms with van der Waals surface area (Å²) in [4.78, 5) is 22.3. The molecule has 3 rings (SSSR count). The van der Waals surface area contributed by atoms with Crippen molar-refractivity contribution < 1.29 is 14.3 Å². The van der Waals surface area contributed by atoms with Gasteiger partial charge in [0.25, 0.3) is 5.91 Å². The zero-order valence-electron chi connectivity index (χ0n) is 14.3. The molecule has 1 amide bonds. The molecule has 0 saturated carbocycles. The van der Waals surface area contributed by atoms with Crippen LogP contribution in [-0.4, -0.2) is 33.6 Å². The van der Waals surface area contributed by atoms with E-state index in [0.717, 1.165) is 27.3 Å². The van der Waals surface area contributed by atoms with E-state index >= 15 is 0 Å². The van der Waals surface area contributed by atoms with E-state index in [1.807, 2.05) is 26.0 Å². The van der Waals surface area contributed by atoms with Gasteiger partial charge in [-0.1, -0.05) is 0 Å². The summed E-state index contributed by atoms with van der Waals surface area (Å²) in [6.45, 7) is 5.92. The molecule has 0 saturated heterocycles. The van der Waals surface area contributed by atoms with E-state index < -0.39 is 0 Å². The Morgan fingerprint density at radius 2 is 2.16 bits per heavy atom. The molecule has 8 heteroatoms. The quantitative estimate of drug-likeness (QED) is 0.625. The van der Waals surface area contributed by atoms with Gasteiger partial charge >= 0.3 is 0 Å². The normalized spacial score (nSPS) is 12.3. The number of anilines is 1. The molecule has 3 heterocycles. The third-order valence-corrected chi connectivity index (χ3v) is 5.01. The number of rotatable bonds is 6. The molecule has 7 nitrogen and oxygen atoms in total. The van der Waals surface area contributed by atoms with Crippen LogP contribution in [0.15, 0.2) is 22.9 Å². The van der Waals surface area contributed by atoms with E-state index in [0.29, 0.717) is 17.2 Å². The largest absolute Gasteiger partial charge is 0.465 e. The first-order valence-electron chi connectivity index (χ1n) is 7.94. The van der Waals surface area contributed by atoms with E-state index in [9.17, 15) is 4.79 Å².